The van der Waals surface area contributed by atoms with Crippen molar-refractivity contribution in [1.82, 2.24) is 25.1 Å². The van der Waals surface area contributed by atoms with Crippen molar-refractivity contribution in [3.63, 3.8) is 0 Å². The number of nitrogen functional groups attached to an aromatic ring is 1. The maximum Gasteiger partial charge on any atom is 0.161 e. The van der Waals surface area contributed by atoms with Crippen LogP contribution in [-0.2, 0) is 4.74 Å². The molecule has 4 N–H and O–H groups in total. The second kappa shape index (κ2) is 10.9. The predicted octanol–water partition coefficient (Wildman–Crippen LogP) is 4.60. The first-order chi connectivity index (χ1) is 17.2. The Morgan fingerprint density at radius 1 is 1.03 bits per heavy atom. The summed E-state index contributed by atoms with van der Waals surface area (Å²) in [6.07, 6.45) is 10.7. The molecule has 8 heteroatoms. The standard InChI is InChI=1S/C27H29N7O/c28-25-17-22(5-4-21(25)3-1-2-12-34-13-15-35-16-14-34)27-29-11-10-26(33-27)32-24-8-6-20(7-9-24)23-18-30-31-19-23/h1,3-11,17-19H,2,12-16,28H2,(H,30,31)(H,29,32,33)/b3-1+. The molecule has 0 unspecified atom stereocenters. The van der Waals surface area contributed by atoms with Crippen molar-refractivity contribution in [2.45, 2.75) is 6.42 Å². The zero-order chi connectivity index (χ0) is 23.9. The minimum absolute atomic E-state index is 0.625. The first-order valence-corrected chi connectivity index (χ1v) is 11.8. The number of anilines is 3. The van der Waals surface area contributed by atoms with Crippen LogP contribution < -0.4 is 11.1 Å². The van der Waals surface area contributed by atoms with Crippen LogP contribution in [0.5, 0.6) is 0 Å². The number of morpholine rings is 1. The van der Waals surface area contributed by atoms with E-state index in [1.807, 2.05) is 54.7 Å². The van der Waals surface area contributed by atoms with Gasteiger partial charge in [0.15, 0.2) is 5.82 Å². The lowest BCUT2D eigenvalue weighted by atomic mass is 10.1. The van der Waals surface area contributed by atoms with Gasteiger partial charge in [-0.3, -0.25) is 10.00 Å². The number of ether oxygens (including phenoxy) is 1. The van der Waals surface area contributed by atoms with Crippen molar-refractivity contribution < 1.29 is 4.74 Å². The molecule has 1 aliphatic heterocycles. The van der Waals surface area contributed by atoms with Gasteiger partial charge in [0, 0.05) is 54.5 Å². The van der Waals surface area contributed by atoms with Gasteiger partial charge >= 0.3 is 0 Å². The molecule has 0 bridgehead atoms. The van der Waals surface area contributed by atoms with Crippen molar-refractivity contribution in [3.05, 3.63) is 78.8 Å². The molecule has 0 aliphatic carbocycles. The molecule has 4 aromatic rings. The second-order valence-electron chi connectivity index (χ2n) is 8.44. The van der Waals surface area contributed by atoms with Crippen LogP contribution in [0.25, 0.3) is 28.6 Å². The number of nitrogens with one attached hydrogen (secondary N) is 2. The SMILES string of the molecule is Nc1cc(-c2nccc(Nc3ccc(-c4cn[nH]c4)cc3)n2)ccc1/C=C/CCN1CCOCC1. The average molecular weight is 468 g/mol. The van der Waals surface area contributed by atoms with Gasteiger partial charge in [-0.05, 0) is 41.8 Å². The Hall–Kier alpha value is -4.01. The third-order valence-electron chi connectivity index (χ3n) is 6.00. The zero-order valence-electron chi connectivity index (χ0n) is 19.5. The van der Waals surface area contributed by atoms with Gasteiger partial charge in [0.25, 0.3) is 0 Å². The number of hydrogen-bond acceptors (Lipinski definition) is 7. The van der Waals surface area contributed by atoms with E-state index in [4.69, 9.17) is 10.5 Å². The number of H-pyrrole nitrogens is 1. The van der Waals surface area contributed by atoms with Gasteiger partial charge < -0.3 is 15.8 Å². The van der Waals surface area contributed by atoms with Gasteiger partial charge in [0.05, 0.1) is 19.4 Å². The normalized spacial score (nSPS) is 14.4. The van der Waals surface area contributed by atoms with Crippen LogP contribution in [0.15, 0.2) is 73.2 Å². The molecule has 0 saturated carbocycles. The highest BCUT2D eigenvalue weighted by atomic mass is 16.5. The molecule has 0 radical (unpaired) electrons. The summed E-state index contributed by atoms with van der Waals surface area (Å²) >= 11 is 0. The highest BCUT2D eigenvalue weighted by Gasteiger charge is 2.09. The third-order valence-corrected chi connectivity index (χ3v) is 6.00. The highest BCUT2D eigenvalue weighted by Crippen LogP contribution is 2.25. The fraction of sp³-hybridized carbons (Fsp3) is 0.222. The summed E-state index contributed by atoms with van der Waals surface area (Å²) in [6.45, 7) is 4.71. The molecular formula is C27H29N7O. The number of nitrogens with two attached hydrogens (primary N) is 1. The molecular weight excluding hydrogens is 438 g/mol. The zero-order valence-corrected chi connectivity index (χ0v) is 19.5. The lowest BCUT2D eigenvalue weighted by Crippen LogP contribution is -2.36. The number of hydrogen-bond donors (Lipinski definition) is 3. The summed E-state index contributed by atoms with van der Waals surface area (Å²) in [4.78, 5) is 11.6. The molecule has 0 amide bonds. The van der Waals surface area contributed by atoms with E-state index in [2.05, 4.69) is 42.5 Å². The van der Waals surface area contributed by atoms with E-state index in [-0.39, 0.29) is 0 Å². The molecule has 35 heavy (non-hydrogen) atoms. The Morgan fingerprint density at radius 2 is 1.86 bits per heavy atom. The quantitative estimate of drug-likeness (QED) is 0.325. The highest BCUT2D eigenvalue weighted by molar-refractivity contribution is 5.72. The lowest BCUT2D eigenvalue weighted by Gasteiger charge is -2.25. The van der Waals surface area contributed by atoms with E-state index in [1.165, 1.54) is 0 Å². The smallest absolute Gasteiger partial charge is 0.161 e. The molecule has 0 atom stereocenters. The van der Waals surface area contributed by atoms with Crippen LogP contribution in [0.1, 0.15) is 12.0 Å². The van der Waals surface area contributed by atoms with E-state index in [0.717, 1.165) is 73.0 Å². The number of aromatic nitrogens is 4. The van der Waals surface area contributed by atoms with E-state index >= 15 is 0 Å². The summed E-state index contributed by atoms with van der Waals surface area (Å²) in [5.74, 6) is 1.34. The minimum Gasteiger partial charge on any atom is -0.398 e. The fourth-order valence-corrected chi connectivity index (χ4v) is 4.03. The van der Waals surface area contributed by atoms with Gasteiger partial charge in [0.2, 0.25) is 0 Å². The van der Waals surface area contributed by atoms with Gasteiger partial charge in [-0.1, -0.05) is 36.4 Å². The first-order valence-electron chi connectivity index (χ1n) is 11.8. The van der Waals surface area contributed by atoms with E-state index in [9.17, 15) is 0 Å². The van der Waals surface area contributed by atoms with Crippen LogP contribution in [0, 0.1) is 0 Å². The third kappa shape index (κ3) is 5.92. The van der Waals surface area contributed by atoms with E-state index in [0.29, 0.717) is 11.5 Å². The summed E-state index contributed by atoms with van der Waals surface area (Å²) in [5.41, 5.74) is 12.0. The van der Waals surface area contributed by atoms with Crippen LogP contribution in [0.3, 0.4) is 0 Å². The molecule has 2 aromatic heterocycles. The molecule has 3 heterocycles. The van der Waals surface area contributed by atoms with Crippen molar-refractivity contribution >= 4 is 23.3 Å². The first kappa shape index (κ1) is 22.8. The lowest BCUT2D eigenvalue weighted by molar-refractivity contribution is 0.0387. The van der Waals surface area contributed by atoms with E-state index in [1.54, 1.807) is 12.4 Å². The maximum absolute atomic E-state index is 6.34. The maximum atomic E-state index is 6.34. The van der Waals surface area contributed by atoms with E-state index < -0.39 is 0 Å². The molecule has 8 nitrogen and oxygen atoms in total. The summed E-state index contributed by atoms with van der Waals surface area (Å²) in [6, 6.07) is 15.9. The van der Waals surface area contributed by atoms with Crippen molar-refractivity contribution in [2.75, 3.05) is 43.9 Å². The van der Waals surface area contributed by atoms with Gasteiger partial charge in [0.1, 0.15) is 5.82 Å². The molecule has 1 aliphatic rings. The largest absolute Gasteiger partial charge is 0.398 e. The monoisotopic (exact) mass is 467 g/mol. The minimum atomic E-state index is 0.625. The van der Waals surface area contributed by atoms with Crippen LogP contribution >= 0.6 is 0 Å². The fourth-order valence-electron chi connectivity index (χ4n) is 4.03. The summed E-state index contributed by atoms with van der Waals surface area (Å²) in [5, 5.41) is 10.2. The van der Waals surface area contributed by atoms with Gasteiger partial charge in [-0.2, -0.15) is 5.10 Å². The Kier molecular flexibility index (Phi) is 7.12. The number of benzene rings is 2. The van der Waals surface area contributed by atoms with Crippen molar-refractivity contribution in [3.8, 4) is 22.5 Å². The molecule has 1 saturated heterocycles. The van der Waals surface area contributed by atoms with Gasteiger partial charge in [-0.25, -0.2) is 9.97 Å². The molecule has 0 spiro atoms. The second-order valence-corrected chi connectivity index (χ2v) is 8.44. The Balaban J connectivity index is 1.22. The van der Waals surface area contributed by atoms with Crippen LogP contribution in [0.2, 0.25) is 0 Å². The Morgan fingerprint density at radius 3 is 2.63 bits per heavy atom. The Labute approximate surface area is 204 Å². The number of nitrogens with zero attached hydrogens (tertiary/aromatic N) is 4. The Bertz CT molecular complexity index is 1260. The molecule has 1 fully saturated rings. The molecule has 5 rings (SSSR count). The van der Waals surface area contributed by atoms with Crippen LogP contribution in [0.4, 0.5) is 17.2 Å². The van der Waals surface area contributed by atoms with Crippen molar-refractivity contribution in [2.24, 2.45) is 0 Å². The van der Waals surface area contributed by atoms with Crippen molar-refractivity contribution in [1.29, 1.82) is 0 Å². The molecule has 178 valence electrons. The predicted molar refractivity (Wildman–Crippen MR) is 140 cm³/mol. The summed E-state index contributed by atoms with van der Waals surface area (Å²) in [7, 11) is 0. The summed E-state index contributed by atoms with van der Waals surface area (Å²) < 4.78 is 5.40. The number of rotatable bonds is 8. The average Bonchev–Trinajstić information content (AvgIpc) is 3.44. The topological polar surface area (TPSA) is 105 Å². The molecule has 2 aromatic carbocycles. The van der Waals surface area contributed by atoms with Gasteiger partial charge in [-0.15, -0.1) is 0 Å². The number of aromatic amines is 1. The van der Waals surface area contributed by atoms with Crippen LogP contribution in [-0.4, -0.2) is 57.9 Å².